The monoisotopic (exact) mass is 338 g/mol. The van der Waals surface area contributed by atoms with Crippen molar-refractivity contribution < 1.29 is 13.9 Å². The van der Waals surface area contributed by atoms with Crippen molar-refractivity contribution in [3.8, 4) is 5.75 Å². The van der Waals surface area contributed by atoms with E-state index in [-0.39, 0.29) is 11.9 Å². The number of furan rings is 1. The topological polar surface area (TPSA) is 77.5 Å². The summed E-state index contributed by atoms with van der Waals surface area (Å²) >= 11 is 0. The molecule has 0 spiro atoms. The summed E-state index contributed by atoms with van der Waals surface area (Å²) in [5.74, 6) is 1.25. The van der Waals surface area contributed by atoms with Crippen LogP contribution in [0.3, 0.4) is 0 Å². The highest BCUT2D eigenvalue weighted by Gasteiger charge is 2.22. The van der Waals surface area contributed by atoms with Crippen molar-refractivity contribution in [2.24, 2.45) is 5.73 Å². The number of hydrogen-bond donors (Lipinski definition) is 2. The smallest absolute Gasteiger partial charge is 0.242 e. The van der Waals surface area contributed by atoms with E-state index >= 15 is 0 Å². The highest BCUT2D eigenvalue weighted by atomic mass is 16.5. The molecule has 2 unspecified atom stereocenters. The average molecular weight is 338 g/mol. The fourth-order valence-corrected chi connectivity index (χ4v) is 2.94. The first-order valence-electron chi connectivity index (χ1n) is 8.19. The number of nitrogens with two attached hydrogens (primary N) is 1. The molecule has 5 nitrogen and oxygen atoms in total. The standard InChI is InChI=1S/C20H22N2O3/c1-12-16-11-15(24-3)9-10-17(16)25-19(12)13(2)22-20(23)18(21)14-7-5-4-6-8-14/h4-11,13,18H,21H2,1-3H3,(H,22,23). The minimum atomic E-state index is -0.714. The second-order valence-electron chi connectivity index (χ2n) is 6.07. The molecule has 0 aliphatic heterocycles. The fourth-order valence-electron chi connectivity index (χ4n) is 2.94. The minimum Gasteiger partial charge on any atom is -0.497 e. The van der Waals surface area contributed by atoms with Crippen LogP contribution < -0.4 is 15.8 Å². The van der Waals surface area contributed by atoms with Gasteiger partial charge >= 0.3 is 0 Å². The first-order chi connectivity index (χ1) is 12.0. The molecule has 0 fully saturated rings. The number of benzene rings is 2. The Labute approximate surface area is 146 Å². The van der Waals surface area contributed by atoms with Gasteiger partial charge in [-0.3, -0.25) is 4.79 Å². The summed E-state index contributed by atoms with van der Waals surface area (Å²) in [5.41, 5.74) is 8.58. The van der Waals surface area contributed by atoms with Gasteiger partial charge in [-0.05, 0) is 37.6 Å². The van der Waals surface area contributed by atoms with Crippen LogP contribution in [-0.2, 0) is 4.79 Å². The Hall–Kier alpha value is -2.79. The number of fused-ring (bicyclic) bond motifs is 1. The zero-order valence-corrected chi connectivity index (χ0v) is 14.6. The van der Waals surface area contributed by atoms with Crippen LogP contribution in [0.15, 0.2) is 52.9 Å². The molecule has 0 saturated carbocycles. The van der Waals surface area contributed by atoms with Gasteiger partial charge in [0.2, 0.25) is 5.91 Å². The normalized spacial score (nSPS) is 13.4. The number of aryl methyl sites for hydroxylation is 1. The maximum atomic E-state index is 12.5. The molecular formula is C20H22N2O3. The molecule has 3 N–H and O–H groups in total. The summed E-state index contributed by atoms with van der Waals surface area (Å²) in [7, 11) is 1.63. The van der Waals surface area contributed by atoms with Crippen LogP contribution >= 0.6 is 0 Å². The van der Waals surface area contributed by atoms with E-state index in [9.17, 15) is 4.79 Å². The van der Waals surface area contributed by atoms with Gasteiger partial charge in [-0.25, -0.2) is 0 Å². The number of carbonyl (C=O) groups excluding carboxylic acids is 1. The molecule has 0 saturated heterocycles. The highest BCUT2D eigenvalue weighted by Crippen LogP contribution is 2.32. The van der Waals surface area contributed by atoms with Gasteiger partial charge in [0.1, 0.15) is 23.1 Å². The minimum absolute atomic E-state index is 0.240. The number of nitrogens with one attached hydrogen (secondary N) is 1. The van der Waals surface area contributed by atoms with Crippen LogP contribution in [0, 0.1) is 6.92 Å². The Kier molecular flexibility index (Phi) is 4.76. The fraction of sp³-hybridized carbons (Fsp3) is 0.250. The maximum Gasteiger partial charge on any atom is 0.242 e. The van der Waals surface area contributed by atoms with Crippen molar-refractivity contribution >= 4 is 16.9 Å². The lowest BCUT2D eigenvalue weighted by atomic mass is 10.1. The lowest BCUT2D eigenvalue weighted by Gasteiger charge is -2.17. The molecule has 5 heteroatoms. The van der Waals surface area contributed by atoms with Gasteiger partial charge in [-0.1, -0.05) is 30.3 Å². The second kappa shape index (κ2) is 6.99. The van der Waals surface area contributed by atoms with Crippen molar-refractivity contribution in [1.82, 2.24) is 5.32 Å². The van der Waals surface area contributed by atoms with Gasteiger partial charge in [-0.2, -0.15) is 0 Å². The van der Waals surface area contributed by atoms with Gasteiger partial charge < -0.3 is 20.2 Å². The van der Waals surface area contributed by atoms with Crippen molar-refractivity contribution in [3.05, 3.63) is 65.4 Å². The average Bonchev–Trinajstić information content (AvgIpc) is 2.98. The Morgan fingerprint density at radius 2 is 1.92 bits per heavy atom. The molecule has 2 atom stereocenters. The Balaban J connectivity index is 1.81. The molecular weight excluding hydrogens is 316 g/mol. The maximum absolute atomic E-state index is 12.5. The first kappa shape index (κ1) is 17.0. The molecule has 2 aromatic carbocycles. The van der Waals surface area contributed by atoms with Gasteiger partial charge in [-0.15, -0.1) is 0 Å². The largest absolute Gasteiger partial charge is 0.497 e. The SMILES string of the molecule is COc1ccc2oc(C(C)NC(=O)C(N)c3ccccc3)c(C)c2c1. The van der Waals surface area contributed by atoms with E-state index in [2.05, 4.69) is 5.32 Å². The van der Waals surface area contributed by atoms with Crippen LogP contribution in [0.1, 0.15) is 35.9 Å². The third-order valence-electron chi connectivity index (χ3n) is 4.37. The van der Waals surface area contributed by atoms with E-state index in [4.69, 9.17) is 14.9 Å². The van der Waals surface area contributed by atoms with E-state index in [1.807, 2.05) is 62.4 Å². The first-order valence-corrected chi connectivity index (χ1v) is 8.19. The summed E-state index contributed by atoms with van der Waals surface area (Å²) in [4.78, 5) is 12.5. The molecule has 1 amide bonds. The zero-order valence-electron chi connectivity index (χ0n) is 14.6. The van der Waals surface area contributed by atoms with E-state index < -0.39 is 6.04 Å². The molecule has 0 aliphatic carbocycles. The van der Waals surface area contributed by atoms with Gasteiger partial charge in [0.25, 0.3) is 0 Å². The molecule has 0 bridgehead atoms. The molecule has 3 rings (SSSR count). The Morgan fingerprint density at radius 1 is 1.20 bits per heavy atom. The van der Waals surface area contributed by atoms with Crippen LogP contribution in [0.2, 0.25) is 0 Å². The molecule has 0 radical (unpaired) electrons. The summed E-state index contributed by atoms with van der Waals surface area (Å²) in [6.07, 6.45) is 0. The van der Waals surface area contributed by atoms with Gasteiger partial charge in [0.15, 0.2) is 0 Å². The molecule has 25 heavy (non-hydrogen) atoms. The quantitative estimate of drug-likeness (QED) is 0.745. The zero-order chi connectivity index (χ0) is 18.0. The van der Waals surface area contributed by atoms with Gasteiger partial charge in [0, 0.05) is 10.9 Å². The van der Waals surface area contributed by atoms with Crippen LogP contribution in [0.25, 0.3) is 11.0 Å². The molecule has 1 aromatic heterocycles. The van der Waals surface area contributed by atoms with E-state index in [0.717, 1.165) is 33.6 Å². The Bertz CT molecular complexity index is 887. The lowest BCUT2D eigenvalue weighted by molar-refractivity contribution is -0.123. The number of rotatable bonds is 5. The van der Waals surface area contributed by atoms with E-state index in [1.54, 1.807) is 7.11 Å². The van der Waals surface area contributed by atoms with Crippen LogP contribution in [0.4, 0.5) is 0 Å². The lowest BCUT2D eigenvalue weighted by Crippen LogP contribution is -2.35. The van der Waals surface area contributed by atoms with E-state index in [0.29, 0.717) is 0 Å². The molecule has 130 valence electrons. The Morgan fingerprint density at radius 3 is 2.60 bits per heavy atom. The highest BCUT2D eigenvalue weighted by molar-refractivity contribution is 5.85. The van der Waals surface area contributed by atoms with Crippen molar-refractivity contribution in [2.75, 3.05) is 7.11 Å². The molecule has 0 aliphatic rings. The van der Waals surface area contributed by atoms with Crippen molar-refractivity contribution in [2.45, 2.75) is 25.9 Å². The number of hydrogen-bond acceptors (Lipinski definition) is 4. The van der Waals surface area contributed by atoms with Crippen molar-refractivity contribution in [3.63, 3.8) is 0 Å². The third-order valence-corrected chi connectivity index (χ3v) is 4.37. The van der Waals surface area contributed by atoms with E-state index in [1.165, 1.54) is 0 Å². The summed E-state index contributed by atoms with van der Waals surface area (Å²) in [6, 6.07) is 13.9. The van der Waals surface area contributed by atoms with Gasteiger partial charge in [0.05, 0.1) is 13.2 Å². The predicted molar refractivity (Wildman–Crippen MR) is 97.4 cm³/mol. The van der Waals surface area contributed by atoms with Crippen molar-refractivity contribution in [1.29, 1.82) is 0 Å². The predicted octanol–water partition coefficient (Wildman–Crippen LogP) is 3.63. The summed E-state index contributed by atoms with van der Waals surface area (Å²) in [6.45, 7) is 3.86. The number of carbonyl (C=O) groups is 1. The molecule has 1 heterocycles. The number of amides is 1. The van der Waals surface area contributed by atoms with Crippen LogP contribution in [0.5, 0.6) is 5.75 Å². The molecule has 3 aromatic rings. The van der Waals surface area contributed by atoms with Crippen LogP contribution in [-0.4, -0.2) is 13.0 Å². The summed E-state index contributed by atoms with van der Waals surface area (Å²) < 4.78 is 11.2. The number of ether oxygens (including phenoxy) is 1. The summed E-state index contributed by atoms with van der Waals surface area (Å²) in [5, 5.41) is 3.91. The number of methoxy groups -OCH3 is 1. The third kappa shape index (κ3) is 3.37. The second-order valence-corrected chi connectivity index (χ2v) is 6.07.